The van der Waals surface area contributed by atoms with Crippen LogP contribution in [0, 0.1) is 11.8 Å². The fourth-order valence-electron chi connectivity index (χ4n) is 5.35. The Kier molecular flexibility index (Phi) is 7.43. The second-order valence-corrected chi connectivity index (χ2v) is 9.15. The average molecular weight is 429 g/mol. The van der Waals surface area contributed by atoms with Crippen molar-refractivity contribution in [3.05, 3.63) is 23.9 Å². The molecular formula is C24H36N4O3. The molecule has 1 aromatic rings. The predicted octanol–water partition coefficient (Wildman–Crippen LogP) is 2.81. The molecule has 3 aliphatic rings. The molecule has 7 nitrogen and oxygen atoms in total. The molecule has 3 aliphatic heterocycles. The number of methoxy groups -OCH3 is 1. The van der Waals surface area contributed by atoms with Gasteiger partial charge in [-0.1, -0.05) is 6.42 Å². The second kappa shape index (κ2) is 10.4. The summed E-state index contributed by atoms with van der Waals surface area (Å²) in [5.74, 6) is 1.77. The number of likely N-dealkylation sites (tertiary alicyclic amines) is 2. The molecular weight excluding hydrogens is 392 g/mol. The number of hydrogen-bond acceptors (Lipinski definition) is 5. The number of hydrogen-bond donors (Lipinski definition) is 0. The van der Waals surface area contributed by atoms with Crippen molar-refractivity contribution in [2.45, 2.75) is 44.9 Å². The number of nitrogens with zero attached hydrogens (tertiary/aromatic N) is 4. The lowest BCUT2D eigenvalue weighted by molar-refractivity contribution is -0.137. The van der Waals surface area contributed by atoms with Crippen molar-refractivity contribution in [3.63, 3.8) is 0 Å². The Balaban J connectivity index is 1.35. The third kappa shape index (κ3) is 5.20. The monoisotopic (exact) mass is 428 g/mol. The molecule has 7 heteroatoms. The first-order valence-corrected chi connectivity index (χ1v) is 12.0. The first-order chi connectivity index (χ1) is 15.2. The SMILES string of the molecule is COCCN1CCCC[C@@H](C2CCN(C(=O)c3ccnc(N4CCCC4)c3)CC2)C1=O. The van der Waals surface area contributed by atoms with Crippen LogP contribution in [0.25, 0.3) is 0 Å². The molecule has 4 rings (SSSR count). The van der Waals surface area contributed by atoms with E-state index in [4.69, 9.17) is 4.74 Å². The van der Waals surface area contributed by atoms with E-state index in [-0.39, 0.29) is 11.8 Å². The molecule has 0 unspecified atom stereocenters. The maximum absolute atomic E-state index is 13.1. The molecule has 170 valence electrons. The van der Waals surface area contributed by atoms with Gasteiger partial charge in [-0.05, 0) is 56.6 Å². The number of amides is 2. The van der Waals surface area contributed by atoms with E-state index in [1.807, 2.05) is 21.9 Å². The van der Waals surface area contributed by atoms with Gasteiger partial charge in [0.2, 0.25) is 5.91 Å². The molecule has 0 saturated carbocycles. The number of aromatic nitrogens is 1. The number of carbonyl (C=O) groups excluding carboxylic acids is 2. The minimum atomic E-state index is 0.0928. The number of pyridine rings is 1. The summed E-state index contributed by atoms with van der Waals surface area (Å²) in [5, 5.41) is 0. The Hall–Kier alpha value is -2.15. The Bertz CT molecular complexity index is 757. The first kappa shape index (κ1) is 22.1. The van der Waals surface area contributed by atoms with Gasteiger partial charge in [-0.15, -0.1) is 0 Å². The Morgan fingerprint density at radius 3 is 2.55 bits per heavy atom. The maximum atomic E-state index is 13.1. The number of carbonyl (C=O) groups is 2. The lowest BCUT2D eigenvalue weighted by Crippen LogP contribution is -2.44. The van der Waals surface area contributed by atoms with Gasteiger partial charge in [-0.3, -0.25) is 9.59 Å². The van der Waals surface area contributed by atoms with E-state index in [1.54, 1.807) is 13.3 Å². The van der Waals surface area contributed by atoms with Crippen LogP contribution < -0.4 is 4.90 Å². The van der Waals surface area contributed by atoms with E-state index in [0.29, 0.717) is 25.0 Å². The molecule has 2 amide bonds. The summed E-state index contributed by atoms with van der Waals surface area (Å²) in [7, 11) is 1.68. The zero-order valence-electron chi connectivity index (χ0n) is 18.8. The van der Waals surface area contributed by atoms with E-state index >= 15 is 0 Å². The normalized spacial score (nSPS) is 23.3. The van der Waals surface area contributed by atoms with Crippen molar-refractivity contribution >= 4 is 17.6 Å². The van der Waals surface area contributed by atoms with Gasteiger partial charge < -0.3 is 19.4 Å². The highest BCUT2D eigenvalue weighted by atomic mass is 16.5. The van der Waals surface area contributed by atoms with Crippen LogP contribution in [-0.2, 0) is 9.53 Å². The molecule has 31 heavy (non-hydrogen) atoms. The molecule has 1 atom stereocenters. The van der Waals surface area contributed by atoms with Crippen LogP contribution in [0.3, 0.4) is 0 Å². The van der Waals surface area contributed by atoms with Gasteiger partial charge in [0.1, 0.15) is 5.82 Å². The smallest absolute Gasteiger partial charge is 0.254 e. The molecule has 0 spiro atoms. The van der Waals surface area contributed by atoms with Gasteiger partial charge in [-0.25, -0.2) is 4.98 Å². The number of anilines is 1. The highest BCUT2D eigenvalue weighted by Gasteiger charge is 2.36. The standard InChI is InChI=1S/C24H36N4O3/c1-31-17-16-27-13-3-2-6-21(24(27)30)19-8-14-28(15-9-19)23(29)20-7-10-25-22(18-20)26-11-4-5-12-26/h7,10,18-19,21H,2-6,8-9,11-17H2,1H3/t21-/m0/s1. The Labute approximate surface area is 185 Å². The third-order valence-electron chi connectivity index (χ3n) is 7.21. The fourth-order valence-corrected chi connectivity index (χ4v) is 5.35. The van der Waals surface area contributed by atoms with Gasteiger partial charge >= 0.3 is 0 Å². The lowest BCUT2D eigenvalue weighted by Gasteiger charge is -2.36. The van der Waals surface area contributed by atoms with Crippen molar-refractivity contribution in [2.24, 2.45) is 11.8 Å². The van der Waals surface area contributed by atoms with Gasteiger partial charge in [-0.2, -0.15) is 0 Å². The number of piperidine rings is 1. The van der Waals surface area contributed by atoms with E-state index in [1.165, 1.54) is 12.8 Å². The van der Waals surface area contributed by atoms with Gasteiger partial charge in [0.15, 0.2) is 0 Å². The topological polar surface area (TPSA) is 66.0 Å². The minimum absolute atomic E-state index is 0.0928. The molecule has 3 saturated heterocycles. The summed E-state index contributed by atoms with van der Waals surface area (Å²) in [6.45, 7) is 5.62. The fraction of sp³-hybridized carbons (Fsp3) is 0.708. The predicted molar refractivity (Wildman–Crippen MR) is 120 cm³/mol. The molecule has 0 N–H and O–H groups in total. The summed E-state index contributed by atoms with van der Waals surface area (Å²) < 4.78 is 5.19. The van der Waals surface area contributed by atoms with Crippen molar-refractivity contribution < 1.29 is 14.3 Å². The maximum Gasteiger partial charge on any atom is 0.254 e. The summed E-state index contributed by atoms with van der Waals surface area (Å²) in [6, 6.07) is 3.78. The summed E-state index contributed by atoms with van der Waals surface area (Å²) in [6.07, 6.45) is 9.11. The third-order valence-corrected chi connectivity index (χ3v) is 7.21. The van der Waals surface area contributed by atoms with Crippen LogP contribution >= 0.6 is 0 Å². The number of rotatable bonds is 6. The van der Waals surface area contributed by atoms with Crippen molar-refractivity contribution in [2.75, 3.05) is 57.9 Å². The van der Waals surface area contributed by atoms with Crippen molar-refractivity contribution in [3.8, 4) is 0 Å². The minimum Gasteiger partial charge on any atom is -0.383 e. The average Bonchev–Trinajstić information content (AvgIpc) is 3.29. The summed E-state index contributed by atoms with van der Waals surface area (Å²) >= 11 is 0. The highest BCUT2D eigenvalue weighted by molar-refractivity contribution is 5.95. The van der Waals surface area contributed by atoms with Crippen LogP contribution in [0.5, 0.6) is 0 Å². The number of ether oxygens (including phenoxy) is 1. The molecule has 3 fully saturated rings. The van der Waals surface area contributed by atoms with Crippen molar-refractivity contribution in [1.29, 1.82) is 0 Å². The Morgan fingerprint density at radius 1 is 1.06 bits per heavy atom. The van der Waals surface area contributed by atoms with E-state index in [0.717, 1.165) is 76.2 Å². The van der Waals surface area contributed by atoms with Crippen LogP contribution in [0.2, 0.25) is 0 Å². The molecule has 0 aliphatic carbocycles. The molecule has 0 aromatic carbocycles. The van der Waals surface area contributed by atoms with Gasteiger partial charge in [0.25, 0.3) is 5.91 Å². The van der Waals surface area contributed by atoms with E-state index < -0.39 is 0 Å². The first-order valence-electron chi connectivity index (χ1n) is 12.0. The van der Waals surface area contributed by atoms with Crippen molar-refractivity contribution in [1.82, 2.24) is 14.8 Å². The highest BCUT2D eigenvalue weighted by Crippen LogP contribution is 2.32. The molecule has 0 bridgehead atoms. The summed E-state index contributed by atoms with van der Waals surface area (Å²) in [4.78, 5) is 36.9. The van der Waals surface area contributed by atoms with Crippen LogP contribution in [0.1, 0.15) is 55.3 Å². The molecule has 1 aromatic heterocycles. The zero-order valence-corrected chi connectivity index (χ0v) is 18.8. The van der Waals surface area contributed by atoms with Crippen LogP contribution in [0.15, 0.2) is 18.3 Å². The van der Waals surface area contributed by atoms with Crippen LogP contribution in [-0.4, -0.2) is 79.6 Å². The second-order valence-electron chi connectivity index (χ2n) is 9.15. The van der Waals surface area contributed by atoms with E-state index in [2.05, 4.69) is 9.88 Å². The quantitative estimate of drug-likeness (QED) is 0.697. The summed E-state index contributed by atoms with van der Waals surface area (Å²) in [5.41, 5.74) is 0.728. The largest absolute Gasteiger partial charge is 0.383 e. The molecule has 0 radical (unpaired) electrons. The van der Waals surface area contributed by atoms with Gasteiger partial charge in [0.05, 0.1) is 6.61 Å². The zero-order chi connectivity index (χ0) is 21.6. The van der Waals surface area contributed by atoms with Gasteiger partial charge in [0, 0.05) is 64.1 Å². The lowest BCUT2D eigenvalue weighted by atomic mass is 9.81. The van der Waals surface area contributed by atoms with Crippen LogP contribution in [0.4, 0.5) is 5.82 Å². The van der Waals surface area contributed by atoms with E-state index in [9.17, 15) is 9.59 Å². The Morgan fingerprint density at radius 2 is 1.81 bits per heavy atom. The molecule has 4 heterocycles.